The predicted octanol–water partition coefficient (Wildman–Crippen LogP) is 2.64. The Labute approximate surface area is 153 Å². The van der Waals surface area contributed by atoms with Crippen LogP contribution in [0.3, 0.4) is 0 Å². The topological polar surface area (TPSA) is 111 Å². The second kappa shape index (κ2) is 7.76. The van der Waals surface area contributed by atoms with Crippen LogP contribution in [0.5, 0.6) is 0 Å². The number of carbonyl (C=O) groups excluding carboxylic acids is 1. The van der Waals surface area contributed by atoms with Crippen LogP contribution in [0, 0.1) is 11.3 Å². The number of anilines is 1. The molecule has 0 radical (unpaired) electrons. The van der Waals surface area contributed by atoms with Gasteiger partial charge in [0, 0.05) is 36.8 Å². The minimum absolute atomic E-state index is 0.0191. The summed E-state index contributed by atoms with van der Waals surface area (Å²) >= 11 is 0. The maximum Gasteiger partial charge on any atom is 0.324 e. The maximum atomic E-state index is 12.8. The molecule has 7 nitrogen and oxygen atoms in total. The van der Waals surface area contributed by atoms with E-state index in [-0.39, 0.29) is 24.3 Å². The zero-order valence-corrected chi connectivity index (χ0v) is 14.9. The van der Waals surface area contributed by atoms with E-state index in [1.165, 1.54) is 0 Å². The van der Waals surface area contributed by atoms with Gasteiger partial charge in [-0.1, -0.05) is 0 Å². The van der Waals surface area contributed by atoms with Gasteiger partial charge in [0.15, 0.2) is 0 Å². The van der Waals surface area contributed by atoms with Crippen molar-refractivity contribution in [1.29, 1.82) is 5.41 Å². The van der Waals surface area contributed by atoms with E-state index in [2.05, 4.69) is 0 Å². The maximum absolute atomic E-state index is 12.8. The number of urea groups is 1. The predicted molar refractivity (Wildman–Crippen MR) is 99.5 cm³/mol. The van der Waals surface area contributed by atoms with Crippen LogP contribution in [0.1, 0.15) is 44.1 Å². The van der Waals surface area contributed by atoms with Crippen molar-refractivity contribution >= 4 is 23.5 Å². The molecule has 2 amide bonds. The molecule has 1 heterocycles. The van der Waals surface area contributed by atoms with Crippen molar-refractivity contribution in [2.24, 2.45) is 11.7 Å². The Hall–Kier alpha value is -2.57. The number of rotatable bonds is 6. The number of hydrogen-bond donors (Lipinski definition) is 3. The molecule has 3 rings (SSSR count). The SMILES string of the molecule is N=C(N)c1ccc(N2CCN([C@H]3CC[C@H](CCC(=O)O)CC3)C2=O)cc1. The van der Waals surface area contributed by atoms with Gasteiger partial charge < -0.3 is 15.7 Å². The molecule has 4 N–H and O–H groups in total. The summed E-state index contributed by atoms with van der Waals surface area (Å²) in [6, 6.07) is 7.49. The number of benzene rings is 1. The van der Waals surface area contributed by atoms with Crippen molar-refractivity contribution < 1.29 is 14.7 Å². The first-order chi connectivity index (χ1) is 12.5. The third-order valence-electron chi connectivity index (χ3n) is 5.55. The molecule has 1 aromatic carbocycles. The number of amides is 2. The molecule has 1 aromatic rings. The van der Waals surface area contributed by atoms with E-state index < -0.39 is 5.97 Å². The average molecular weight is 358 g/mol. The lowest BCUT2D eigenvalue weighted by Crippen LogP contribution is -2.41. The lowest BCUT2D eigenvalue weighted by molar-refractivity contribution is -0.137. The summed E-state index contributed by atoms with van der Waals surface area (Å²) in [5.41, 5.74) is 6.96. The van der Waals surface area contributed by atoms with Crippen molar-refractivity contribution in [3.63, 3.8) is 0 Å². The van der Waals surface area contributed by atoms with Gasteiger partial charge in [0.2, 0.25) is 0 Å². The van der Waals surface area contributed by atoms with Crippen LogP contribution in [-0.2, 0) is 4.79 Å². The van der Waals surface area contributed by atoms with Crippen LogP contribution in [-0.4, -0.2) is 47.0 Å². The van der Waals surface area contributed by atoms with Gasteiger partial charge in [0.25, 0.3) is 0 Å². The van der Waals surface area contributed by atoms with Gasteiger partial charge in [0.05, 0.1) is 0 Å². The molecular weight excluding hydrogens is 332 g/mol. The number of amidine groups is 1. The van der Waals surface area contributed by atoms with Crippen molar-refractivity contribution in [2.75, 3.05) is 18.0 Å². The van der Waals surface area contributed by atoms with E-state index in [1.807, 2.05) is 17.0 Å². The molecule has 0 spiro atoms. The van der Waals surface area contributed by atoms with Crippen LogP contribution >= 0.6 is 0 Å². The molecular formula is C19H26N4O3. The fourth-order valence-corrected chi connectivity index (χ4v) is 4.03. The molecule has 0 aromatic heterocycles. The summed E-state index contributed by atoms with van der Waals surface area (Å²) in [5, 5.41) is 16.3. The van der Waals surface area contributed by atoms with Gasteiger partial charge in [-0.2, -0.15) is 0 Å². The zero-order valence-electron chi connectivity index (χ0n) is 14.9. The molecule has 1 aliphatic heterocycles. The van der Waals surface area contributed by atoms with E-state index >= 15 is 0 Å². The molecule has 2 fully saturated rings. The normalized spacial score (nSPS) is 23.3. The molecule has 1 aliphatic carbocycles. The fourth-order valence-electron chi connectivity index (χ4n) is 4.03. The Bertz CT molecular complexity index is 681. The van der Waals surface area contributed by atoms with Crippen LogP contribution in [0.4, 0.5) is 10.5 Å². The van der Waals surface area contributed by atoms with Gasteiger partial charge in [-0.05, 0) is 62.3 Å². The molecule has 0 atom stereocenters. The molecule has 0 unspecified atom stereocenters. The first kappa shape index (κ1) is 18.2. The van der Waals surface area contributed by atoms with Gasteiger partial charge in [-0.15, -0.1) is 0 Å². The van der Waals surface area contributed by atoms with E-state index in [1.54, 1.807) is 17.0 Å². The quantitative estimate of drug-likeness (QED) is 0.536. The molecule has 26 heavy (non-hydrogen) atoms. The fraction of sp³-hybridized carbons (Fsp3) is 0.526. The Morgan fingerprint density at radius 1 is 1.15 bits per heavy atom. The Balaban J connectivity index is 1.56. The van der Waals surface area contributed by atoms with Crippen molar-refractivity contribution in [3.05, 3.63) is 29.8 Å². The molecule has 0 bridgehead atoms. The molecule has 140 valence electrons. The number of hydrogen-bond acceptors (Lipinski definition) is 3. The smallest absolute Gasteiger partial charge is 0.324 e. The minimum Gasteiger partial charge on any atom is -0.481 e. The van der Waals surface area contributed by atoms with Crippen LogP contribution in [0.2, 0.25) is 0 Å². The Morgan fingerprint density at radius 2 is 1.81 bits per heavy atom. The number of nitrogens with two attached hydrogens (primary N) is 1. The highest BCUT2D eigenvalue weighted by Crippen LogP contribution is 2.33. The standard InChI is InChI=1S/C19H26N4O3/c20-18(21)14-4-8-16(9-5-14)23-12-11-22(19(23)26)15-6-1-13(2-7-15)3-10-17(24)25/h4-5,8-9,13,15H,1-3,6-7,10-12H2,(H3,20,21)(H,24,25)/t13-,15-. The lowest BCUT2D eigenvalue weighted by atomic mass is 9.83. The summed E-state index contributed by atoms with van der Waals surface area (Å²) in [4.78, 5) is 27.3. The van der Waals surface area contributed by atoms with Crippen molar-refractivity contribution in [2.45, 2.75) is 44.6 Å². The summed E-state index contributed by atoms with van der Waals surface area (Å²) in [5.74, 6) is -0.242. The highest BCUT2D eigenvalue weighted by molar-refractivity contribution is 5.97. The summed E-state index contributed by atoms with van der Waals surface area (Å²) in [6.45, 7) is 1.38. The van der Waals surface area contributed by atoms with Crippen molar-refractivity contribution in [3.8, 4) is 0 Å². The van der Waals surface area contributed by atoms with Gasteiger partial charge in [0.1, 0.15) is 5.84 Å². The number of nitrogen functional groups attached to an aromatic ring is 1. The van der Waals surface area contributed by atoms with E-state index in [0.717, 1.165) is 44.3 Å². The monoisotopic (exact) mass is 358 g/mol. The third-order valence-corrected chi connectivity index (χ3v) is 5.55. The molecule has 2 aliphatic rings. The van der Waals surface area contributed by atoms with Gasteiger partial charge in [-0.25, -0.2) is 4.79 Å². The largest absolute Gasteiger partial charge is 0.481 e. The summed E-state index contributed by atoms with van der Waals surface area (Å²) in [6.07, 6.45) is 4.87. The zero-order chi connectivity index (χ0) is 18.7. The van der Waals surface area contributed by atoms with Gasteiger partial charge in [-0.3, -0.25) is 15.1 Å². The van der Waals surface area contributed by atoms with Gasteiger partial charge >= 0.3 is 12.0 Å². The molecule has 7 heteroatoms. The highest BCUT2D eigenvalue weighted by atomic mass is 16.4. The molecule has 1 saturated heterocycles. The van der Waals surface area contributed by atoms with Crippen LogP contribution in [0.15, 0.2) is 24.3 Å². The van der Waals surface area contributed by atoms with Crippen LogP contribution in [0.25, 0.3) is 0 Å². The number of carboxylic acids is 1. The van der Waals surface area contributed by atoms with E-state index in [0.29, 0.717) is 18.0 Å². The number of nitrogens with one attached hydrogen (secondary N) is 1. The van der Waals surface area contributed by atoms with Crippen LogP contribution < -0.4 is 10.6 Å². The second-order valence-electron chi connectivity index (χ2n) is 7.20. The number of aliphatic carboxylic acids is 1. The van der Waals surface area contributed by atoms with E-state index in [9.17, 15) is 9.59 Å². The number of carboxylic acid groups (broad SMARTS) is 1. The first-order valence-corrected chi connectivity index (χ1v) is 9.20. The summed E-state index contributed by atoms with van der Waals surface area (Å²) in [7, 11) is 0. The Morgan fingerprint density at radius 3 is 2.38 bits per heavy atom. The third kappa shape index (κ3) is 3.98. The Kier molecular flexibility index (Phi) is 5.44. The average Bonchev–Trinajstić information content (AvgIpc) is 3.02. The second-order valence-corrected chi connectivity index (χ2v) is 7.20. The first-order valence-electron chi connectivity index (χ1n) is 9.20. The number of nitrogens with zero attached hydrogens (tertiary/aromatic N) is 2. The van der Waals surface area contributed by atoms with Crippen molar-refractivity contribution in [1.82, 2.24) is 4.90 Å². The minimum atomic E-state index is -0.728. The highest BCUT2D eigenvalue weighted by Gasteiger charge is 2.36. The van der Waals surface area contributed by atoms with E-state index in [4.69, 9.17) is 16.2 Å². The lowest BCUT2D eigenvalue weighted by Gasteiger charge is -2.34. The summed E-state index contributed by atoms with van der Waals surface area (Å²) < 4.78 is 0. The molecule has 1 saturated carbocycles. The number of carbonyl (C=O) groups is 2.